The normalized spacial score (nSPS) is 11.0. The van der Waals surface area contributed by atoms with Gasteiger partial charge < -0.3 is 19.8 Å². The van der Waals surface area contributed by atoms with Crippen molar-refractivity contribution in [1.82, 2.24) is 19.3 Å². The van der Waals surface area contributed by atoms with E-state index in [0.717, 1.165) is 17.6 Å². The van der Waals surface area contributed by atoms with E-state index in [1.807, 2.05) is 33.6 Å². The van der Waals surface area contributed by atoms with Crippen molar-refractivity contribution >= 4 is 17.0 Å². The van der Waals surface area contributed by atoms with Crippen molar-refractivity contribution in [1.29, 1.82) is 0 Å². The van der Waals surface area contributed by atoms with E-state index in [4.69, 9.17) is 15.2 Å². The molecule has 0 saturated heterocycles. The molecule has 3 aromatic rings. The van der Waals surface area contributed by atoms with Gasteiger partial charge in [-0.05, 0) is 6.07 Å². The summed E-state index contributed by atoms with van der Waals surface area (Å²) < 4.78 is 14.4. The smallest absolute Gasteiger partial charge is 0.201 e. The van der Waals surface area contributed by atoms with Crippen LogP contribution in [0.1, 0.15) is 0 Å². The Labute approximate surface area is 121 Å². The van der Waals surface area contributed by atoms with Crippen LogP contribution in [0.5, 0.6) is 11.5 Å². The zero-order chi connectivity index (χ0) is 14.8. The van der Waals surface area contributed by atoms with Crippen molar-refractivity contribution in [2.24, 2.45) is 0 Å². The average Bonchev–Trinajstić information content (AvgIpc) is 3.10. The van der Waals surface area contributed by atoms with E-state index < -0.39 is 0 Å². The molecule has 0 aliphatic rings. The summed E-state index contributed by atoms with van der Waals surface area (Å²) in [4.78, 5) is 4.37. The number of aromatic nitrogens is 4. The fourth-order valence-corrected chi connectivity index (χ4v) is 2.34. The minimum absolute atomic E-state index is 0.465. The zero-order valence-electron chi connectivity index (χ0n) is 12.0. The highest BCUT2D eigenvalue weighted by Crippen LogP contribution is 2.32. The largest absolute Gasteiger partial charge is 0.493 e. The Bertz CT molecular complexity index is 748. The van der Waals surface area contributed by atoms with Crippen LogP contribution in [-0.2, 0) is 13.1 Å². The lowest BCUT2D eigenvalue weighted by atomic mass is 10.2. The van der Waals surface area contributed by atoms with Gasteiger partial charge in [0.25, 0.3) is 0 Å². The number of nitrogens with two attached hydrogens (primary N) is 1. The van der Waals surface area contributed by atoms with Crippen LogP contribution in [0.2, 0.25) is 0 Å². The maximum atomic E-state index is 6.02. The standard InChI is InChI=1S/C14H17N5O2/c1-20-12-8-10-11(9-13(12)21-2)19(14(15)17-10)7-6-18-5-3-4-16-18/h3-5,8-9H,6-7H2,1-2H3,(H2,15,17). The number of fused-ring (bicyclic) bond motifs is 1. The van der Waals surface area contributed by atoms with Gasteiger partial charge in [0.2, 0.25) is 5.95 Å². The molecule has 0 saturated carbocycles. The maximum absolute atomic E-state index is 6.02. The van der Waals surface area contributed by atoms with Crippen LogP contribution >= 0.6 is 0 Å². The van der Waals surface area contributed by atoms with E-state index in [-0.39, 0.29) is 0 Å². The van der Waals surface area contributed by atoms with Gasteiger partial charge in [-0.2, -0.15) is 5.10 Å². The van der Waals surface area contributed by atoms with Crippen LogP contribution in [0.4, 0.5) is 5.95 Å². The van der Waals surface area contributed by atoms with Gasteiger partial charge in [-0.1, -0.05) is 0 Å². The highest BCUT2D eigenvalue weighted by Gasteiger charge is 2.13. The van der Waals surface area contributed by atoms with E-state index in [9.17, 15) is 0 Å². The van der Waals surface area contributed by atoms with Crippen molar-refractivity contribution in [2.45, 2.75) is 13.1 Å². The lowest BCUT2D eigenvalue weighted by molar-refractivity contribution is 0.355. The van der Waals surface area contributed by atoms with Gasteiger partial charge in [-0.3, -0.25) is 4.68 Å². The maximum Gasteiger partial charge on any atom is 0.201 e. The fourth-order valence-electron chi connectivity index (χ4n) is 2.34. The van der Waals surface area contributed by atoms with Crippen LogP contribution in [0, 0.1) is 0 Å². The third-order valence-electron chi connectivity index (χ3n) is 3.39. The summed E-state index contributed by atoms with van der Waals surface area (Å²) in [5, 5.41) is 4.18. The van der Waals surface area contributed by atoms with Crippen LogP contribution in [-0.4, -0.2) is 33.6 Å². The second-order valence-corrected chi connectivity index (χ2v) is 4.59. The molecule has 0 spiro atoms. The molecule has 1 aromatic carbocycles. The lowest BCUT2D eigenvalue weighted by Crippen LogP contribution is -2.10. The monoisotopic (exact) mass is 287 g/mol. The van der Waals surface area contributed by atoms with E-state index in [2.05, 4.69) is 10.1 Å². The summed E-state index contributed by atoms with van der Waals surface area (Å²) in [5.74, 6) is 1.76. The number of nitrogen functional groups attached to an aromatic ring is 1. The molecule has 0 atom stereocenters. The summed E-state index contributed by atoms with van der Waals surface area (Å²) in [6, 6.07) is 5.61. The SMILES string of the molecule is COc1cc2nc(N)n(CCn3cccn3)c2cc1OC. The number of ether oxygens (including phenoxy) is 2. The Balaban J connectivity index is 1.99. The molecule has 21 heavy (non-hydrogen) atoms. The van der Waals surface area contributed by atoms with Gasteiger partial charge in [-0.15, -0.1) is 0 Å². The second-order valence-electron chi connectivity index (χ2n) is 4.59. The first kappa shape index (κ1) is 13.3. The van der Waals surface area contributed by atoms with Crippen LogP contribution < -0.4 is 15.2 Å². The quantitative estimate of drug-likeness (QED) is 0.769. The van der Waals surface area contributed by atoms with E-state index in [0.29, 0.717) is 24.0 Å². The fraction of sp³-hybridized carbons (Fsp3) is 0.286. The summed E-state index contributed by atoms with van der Waals surface area (Å²) in [5.41, 5.74) is 7.71. The molecule has 7 nitrogen and oxygen atoms in total. The Morgan fingerprint density at radius 3 is 2.57 bits per heavy atom. The van der Waals surface area contributed by atoms with Gasteiger partial charge in [0.05, 0.1) is 31.8 Å². The Kier molecular flexibility index (Phi) is 3.39. The highest BCUT2D eigenvalue weighted by atomic mass is 16.5. The minimum Gasteiger partial charge on any atom is -0.493 e. The molecule has 0 aliphatic carbocycles. The number of aryl methyl sites for hydroxylation is 2. The van der Waals surface area contributed by atoms with Crippen molar-refractivity contribution in [3.63, 3.8) is 0 Å². The number of anilines is 1. The first-order valence-corrected chi connectivity index (χ1v) is 6.58. The predicted molar refractivity (Wildman–Crippen MR) is 79.5 cm³/mol. The van der Waals surface area contributed by atoms with Gasteiger partial charge in [0.15, 0.2) is 11.5 Å². The summed E-state index contributed by atoms with van der Waals surface area (Å²) in [6.45, 7) is 1.40. The van der Waals surface area contributed by atoms with Crippen molar-refractivity contribution in [2.75, 3.05) is 20.0 Å². The molecule has 0 fully saturated rings. The molecule has 7 heteroatoms. The van der Waals surface area contributed by atoms with Crippen LogP contribution in [0.15, 0.2) is 30.6 Å². The van der Waals surface area contributed by atoms with Gasteiger partial charge in [0, 0.05) is 31.1 Å². The topological polar surface area (TPSA) is 80.1 Å². The zero-order valence-corrected chi connectivity index (χ0v) is 12.0. The molecule has 0 unspecified atom stereocenters. The number of benzene rings is 1. The van der Waals surface area contributed by atoms with E-state index in [1.165, 1.54) is 0 Å². The number of hydrogen-bond acceptors (Lipinski definition) is 5. The first-order chi connectivity index (χ1) is 10.2. The number of methoxy groups -OCH3 is 2. The predicted octanol–water partition coefficient (Wildman–Crippen LogP) is 1.53. The Hall–Kier alpha value is -2.70. The first-order valence-electron chi connectivity index (χ1n) is 6.58. The molecular formula is C14H17N5O2. The van der Waals surface area contributed by atoms with Crippen molar-refractivity contribution in [3.05, 3.63) is 30.6 Å². The summed E-state index contributed by atoms with van der Waals surface area (Å²) in [7, 11) is 3.21. The van der Waals surface area contributed by atoms with Crippen LogP contribution in [0.3, 0.4) is 0 Å². The van der Waals surface area contributed by atoms with E-state index in [1.54, 1.807) is 20.4 Å². The van der Waals surface area contributed by atoms with Gasteiger partial charge in [0.1, 0.15) is 0 Å². The van der Waals surface area contributed by atoms with E-state index >= 15 is 0 Å². The number of rotatable bonds is 5. The third-order valence-corrected chi connectivity index (χ3v) is 3.39. The highest BCUT2D eigenvalue weighted by molar-refractivity contribution is 5.82. The molecule has 2 heterocycles. The molecule has 0 aliphatic heterocycles. The molecule has 2 aromatic heterocycles. The minimum atomic E-state index is 0.465. The Morgan fingerprint density at radius 2 is 1.90 bits per heavy atom. The molecule has 0 radical (unpaired) electrons. The summed E-state index contributed by atoms with van der Waals surface area (Å²) in [6.07, 6.45) is 3.67. The molecule has 0 amide bonds. The van der Waals surface area contributed by atoms with Crippen LogP contribution in [0.25, 0.3) is 11.0 Å². The molecule has 2 N–H and O–H groups in total. The van der Waals surface area contributed by atoms with Gasteiger partial charge in [-0.25, -0.2) is 4.98 Å². The average molecular weight is 287 g/mol. The molecule has 110 valence electrons. The van der Waals surface area contributed by atoms with Crippen molar-refractivity contribution in [3.8, 4) is 11.5 Å². The Morgan fingerprint density at radius 1 is 1.14 bits per heavy atom. The number of nitrogens with zero attached hydrogens (tertiary/aromatic N) is 4. The number of hydrogen-bond donors (Lipinski definition) is 1. The van der Waals surface area contributed by atoms with Crippen molar-refractivity contribution < 1.29 is 9.47 Å². The second kappa shape index (κ2) is 5.35. The van der Waals surface area contributed by atoms with Gasteiger partial charge >= 0.3 is 0 Å². The molecule has 3 rings (SSSR count). The number of imidazole rings is 1. The molecular weight excluding hydrogens is 270 g/mol. The third kappa shape index (κ3) is 2.37. The lowest BCUT2D eigenvalue weighted by Gasteiger charge is -2.09. The summed E-state index contributed by atoms with van der Waals surface area (Å²) >= 11 is 0. The molecule has 0 bridgehead atoms.